The van der Waals surface area contributed by atoms with Crippen molar-refractivity contribution in [2.45, 2.75) is 33.2 Å². The summed E-state index contributed by atoms with van der Waals surface area (Å²) in [6.45, 7) is 5.97. The number of anilines is 1. The number of carbonyl (C=O) groups excluding carboxylic acids is 1. The zero-order valence-electron chi connectivity index (χ0n) is 11.0. The van der Waals surface area contributed by atoms with Crippen LogP contribution in [0.3, 0.4) is 0 Å². The average Bonchev–Trinajstić information content (AvgIpc) is 2.93. The number of nitrogens with zero attached hydrogens (tertiary/aromatic N) is 3. The van der Waals surface area contributed by atoms with E-state index in [0.717, 1.165) is 22.0 Å². The summed E-state index contributed by atoms with van der Waals surface area (Å²) in [6, 6.07) is -0.128. The predicted molar refractivity (Wildman–Crippen MR) is 72.9 cm³/mol. The topological polar surface area (TPSA) is 110 Å². The van der Waals surface area contributed by atoms with Gasteiger partial charge in [-0.3, -0.25) is 9.89 Å². The van der Waals surface area contributed by atoms with Crippen LogP contribution < -0.4 is 11.1 Å². The normalized spacial score (nSPS) is 12.4. The molecule has 0 radical (unpaired) electrons. The molecule has 19 heavy (non-hydrogen) atoms. The lowest BCUT2D eigenvalue weighted by molar-refractivity contribution is 0.0925. The van der Waals surface area contributed by atoms with Gasteiger partial charge in [-0.2, -0.15) is 4.98 Å². The number of nitrogens with two attached hydrogens (primary N) is 1. The van der Waals surface area contributed by atoms with Crippen molar-refractivity contribution in [2.75, 3.05) is 5.73 Å². The molecule has 2 aromatic heterocycles. The summed E-state index contributed by atoms with van der Waals surface area (Å²) in [7, 11) is 0. The number of aromatic amines is 1. The Hall–Kier alpha value is -1.96. The summed E-state index contributed by atoms with van der Waals surface area (Å²) in [6.07, 6.45) is 0.752. The lowest BCUT2D eigenvalue weighted by Crippen LogP contribution is -2.29. The van der Waals surface area contributed by atoms with Crippen LogP contribution in [0.4, 0.5) is 5.95 Å². The molecule has 2 heterocycles. The number of thiazole rings is 1. The zero-order valence-corrected chi connectivity index (χ0v) is 11.8. The van der Waals surface area contributed by atoms with Gasteiger partial charge in [0.05, 0.1) is 11.7 Å². The second-order valence-electron chi connectivity index (χ2n) is 4.17. The molecule has 0 aliphatic carbocycles. The fraction of sp³-hybridized carbons (Fsp3) is 0.455. The Kier molecular flexibility index (Phi) is 3.79. The van der Waals surface area contributed by atoms with Crippen LogP contribution in [0, 0.1) is 13.8 Å². The molecule has 4 N–H and O–H groups in total. The average molecular weight is 280 g/mol. The second-order valence-corrected chi connectivity index (χ2v) is 5.40. The molecular formula is C11H16N6OS. The van der Waals surface area contributed by atoms with Gasteiger partial charge >= 0.3 is 0 Å². The molecule has 2 aromatic rings. The number of hydrogen-bond donors (Lipinski definition) is 3. The Morgan fingerprint density at radius 3 is 2.68 bits per heavy atom. The third-order valence-electron chi connectivity index (χ3n) is 2.77. The van der Waals surface area contributed by atoms with E-state index in [2.05, 4.69) is 25.5 Å². The number of aryl methyl sites for hydroxylation is 2. The van der Waals surface area contributed by atoms with Crippen LogP contribution in [0.25, 0.3) is 0 Å². The SMILES string of the molecule is CC[C@@H](NC(=O)c1nc(N)n[nH]1)c1nc(C)c(C)s1. The van der Waals surface area contributed by atoms with Gasteiger partial charge in [0.1, 0.15) is 5.01 Å². The van der Waals surface area contributed by atoms with E-state index in [4.69, 9.17) is 5.73 Å². The molecular weight excluding hydrogens is 264 g/mol. The van der Waals surface area contributed by atoms with Crippen LogP contribution in [-0.4, -0.2) is 26.1 Å². The van der Waals surface area contributed by atoms with E-state index in [1.165, 1.54) is 0 Å². The molecule has 2 rings (SSSR count). The van der Waals surface area contributed by atoms with Gasteiger partial charge in [0.2, 0.25) is 11.8 Å². The molecule has 0 aliphatic heterocycles. The molecule has 1 amide bonds. The summed E-state index contributed by atoms with van der Waals surface area (Å²) in [5.41, 5.74) is 6.37. The Morgan fingerprint density at radius 1 is 1.47 bits per heavy atom. The Labute approximate surface area is 114 Å². The first-order valence-electron chi connectivity index (χ1n) is 5.94. The van der Waals surface area contributed by atoms with Gasteiger partial charge in [-0.05, 0) is 20.3 Å². The highest BCUT2D eigenvalue weighted by Gasteiger charge is 2.19. The number of rotatable bonds is 4. The standard InChI is InChI=1S/C11H16N6OS/c1-4-7(10-13-5(2)6(3)19-10)14-9(18)8-15-11(12)17-16-8/h7H,4H2,1-3H3,(H,14,18)(H3,12,15,16,17)/t7-/m1/s1. The number of aromatic nitrogens is 4. The van der Waals surface area contributed by atoms with Crippen molar-refractivity contribution in [2.24, 2.45) is 0 Å². The van der Waals surface area contributed by atoms with E-state index >= 15 is 0 Å². The van der Waals surface area contributed by atoms with Crippen molar-refractivity contribution >= 4 is 23.2 Å². The quantitative estimate of drug-likeness (QED) is 0.783. The van der Waals surface area contributed by atoms with Crippen LogP contribution in [0.5, 0.6) is 0 Å². The maximum atomic E-state index is 12.0. The van der Waals surface area contributed by atoms with Gasteiger partial charge in [0.25, 0.3) is 5.91 Å². The Morgan fingerprint density at radius 2 is 2.21 bits per heavy atom. The molecule has 0 saturated heterocycles. The molecule has 102 valence electrons. The molecule has 0 fully saturated rings. The minimum Gasteiger partial charge on any atom is -0.366 e. The van der Waals surface area contributed by atoms with Crippen molar-refractivity contribution in [3.63, 3.8) is 0 Å². The summed E-state index contributed by atoms with van der Waals surface area (Å²) in [4.78, 5) is 21.4. The minimum atomic E-state index is -0.332. The maximum absolute atomic E-state index is 12.0. The van der Waals surface area contributed by atoms with Crippen molar-refractivity contribution in [1.82, 2.24) is 25.5 Å². The predicted octanol–water partition coefficient (Wildman–Crippen LogP) is 1.34. The third kappa shape index (κ3) is 2.90. The van der Waals surface area contributed by atoms with Crippen molar-refractivity contribution in [3.8, 4) is 0 Å². The summed E-state index contributed by atoms with van der Waals surface area (Å²) in [5.74, 6) is -0.165. The van der Waals surface area contributed by atoms with Gasteiger partial charge < -0.3 is 11.1 Å². The molecule has 0 bridgehead atoms. The number of carbonyl (C=O) groups is 1. The number of H-pyrrole nitrogens is 1. The van der Waals surface area contributed by atoms with Gasteiger partial charge in [-0.1, -0.05) is 6.92 Å². The fourth-order valence-corrected chi connectivity index (χ4v) is 2.65. The summed E-state index contributed by atoms with van der Waals surface area (Å²) >= 11 is 1.59. The van der Waals surface area contributed by atoms with Crippen LogP contribution in [-0.2, 0) is 0 Å². The first-order chi connectivity index (χ1) is 9.01. The molecule has 0 aliphatic rings. The van der Waals surface area contributed by atoms with Crippen molar-refractivity contribution in [3.05, 3.63) is 21.4 Å². The van der Waals surface area contributed by atoms with Crippen LogP contribution in [0.2, 0.25) is 0 Å². The third-order valence-corrected chi connectivity index (χ3v) is 3.96. The smallest absolute Gasteiger partial charge is 0.289 e. The Bertz CT molecular complexity index is 570. The lowest BCUT2D eigenvalue weighted by atomic mass is 10.2. The fourth-order valence-electron chi connectivity index (χ4n) is 1.59. The Balaban J connectivity index is 2.13. The second kappa shape index (κ2) is 5.35. The van der Waals surface area contributed by atoms with E-state index in [-0.39, 0.29) is 23.7 Å². The number of nitrogen functional groups attached to an aromatic ring is 1. The van der Waals surface area contributed by atoms with Crippen LogP contribution in [0.1, 0.15) is 45.6 Å². The zero-order chi connectivity index (χ0) is 14.0. The van der Waals surface area contributed by atoms with E-state index in [1.54, 1.807) is 11.3 Å². The van der Waals surface area contributed by atoms with E-state index in [0.29, 0.717) is 0 Å². The first-order valence-corrected chi connectivity index (χ1v) is 6.75. The maximum Gasteiger partial charge on any atom is 0.289 e. The lowest BCUT2D eigenvalue weighted by Gasteiger charge is -2.12. The van der Waals surface area contributed by atoms with E-state index in [9.17, 15) is 4.79 Å². The largest absolute Gasteiger partial charge is 0.366 e. The van der Waals surface area contributed by atoms with Gasteiger partial charge in [0, 0.05) is 4.88 Å². The molecule has 0 saturated carbocycles. The van der Waals surface area contributed by atoms with E-state index < -0.39 is 0 Å². The van der Waals surface area contributed by atoms with Crippen molar-refractivity contribution in [1.29, 1.82) is 0 Å². The highest BCUT2D eigenvalue weighted by Crippen LogP contribution is 2.24. The number of amides is 1. The number of nitrogens with one attached hydrogen (secondary N) is 2. The summed E-state index contributed by atoms with van der Waals surface area (Å²) < 4.78 is 0. The van der Waals surface area contributed by atoms with E-state index in [1.807, 2.05) is 20.8 Å². The summed E-state index contributed by atoms with van der Waals surface area (Å²) in [5, 5.41) is 9.89. The van der Waals surface area contributed by atoms with Gasteiger partial charge in [0.15, 0.2) is 0 Å². The van der Waals surface area contributed by atoms with Crippen LogP contribution in [0.15, 0.2) is 0 Å². The molecule has 0 aromatic carbocycles. The molecule has 8 heteroatoms. The van der Waals surface area contributed by atoms with Crippen LogP contribution >= 0.6 is 11.3 Å². The monoisotopic (exact) mass is 280 g/mol. The van der Waals surface area contributed by atoms with Crippen molar-refractivity contribution < 1.29 is 4.79 Å². The highest BCUT2D eigenvalue weighted by atomic mass is 32.1. The first kappa shape index (κ1) is 13.5. The highest BCUT2D eigenvalue weighted by molar-refractivity contribution is 7.11. The minimum absolute atomic E-state index is 0.0548. The number of hydrogen-bond acceptors (Lipinski definition) is 6. The molecule has 7 nitrogen and oxygen atoms in total. The van der Waals surface area contributed by atoms with Gasteiger partial charge in [-0.25, -0.2) is 4.98 Å². The van der Waals surface area contributed by atoms with Gasteiger partial charge in [-0.15, -0.1) is 16.4 Å². The molecule has 0 unspecified atom stereocenters. The molecule has 1 atom stereocenters. The molecule has 0 spiro atoms.